The second kappa shape index (κ2) is 9.58. The van der Waals surface area contributed by atoms with Crippen molar-refractivity contribution >= 4 is 41.0 Å². The summed E-state index contributed by atoms with van der Waals surface area (Å²) in [6, 6.07) is 1.02. The van der Waals surface area contributed by atoms with Crippen LogP contribution in [0.2, 0.25) is 10.0 Å². The first-order valence-corrected chi connectivity index (χ1v) is 8.15. The normalized spacial score (nSPS) is 12.9. The Morgan fingerprint density at radius 1 is 1.24 bits per heavy atom. The topological polar surface area (TPSA) is 81.7 Å². The van der Waals surface area contributed by atoms with E-state index in [1.165, 1.54) is 7.11 Å². The van der Waals surface area contributed by atoms with Crippen molar-refractivity contribution in [2.45, 2.75) is 26.3 Å². The summed E-state index contributed by atoms with van der Waals surface area (Å²) in [5.74, 6) is -3.31. The maximum Gasteiger partial charge on any atom is 0.340 e. The average Bonchev–Trinajstić information content (AvgIpc) is 2.59. The fraction of sp³-hybridized carbons (Fsp3) is 0.438. The number of methoxy groups -OCH3 is 1. The molecule has 0 heterocycles. The van der Waals surface area contributed by atoms with Gasteiger partial charge in [-0.15, -0.1) is 0 Å². The Morgan fingerprint density at radius 3 is 2.44 bits per heavy atom. The molecule has 1 N–H and O–H groups in total. The molecule has 0 aliphatic heterocycles. The van der Waals surface area contributed by atoms with Crippen LogP contribution in [0.15, 0.2) is 12.1 Å². The minimum absolute atomic E-state index is 0.108. The van der Waals surface area contributed by atoms with E-state index in [4.69, 9.17) is 27.9 Å². The van der Waals surface area contributed by atoms with Gasteiger partial charge in [0, 0.05) is 0 Å². The Balaban J connectivity index is 2.70. The summed E-state index contributed by atoms with van der Waals surface area (Å²) >= 11 is 11.3. The van der Waals surface area contributed by atoms with Crippen LogP contribution >= 0.6 is 23.2 Å². The predicted octanol–water partition coefficient (Wildman–Crippen LogP) is 2.99. The Labute approximate surface area is 154 Å². The molecule has 2 atom stereocenters. The average molecular weight is 394 g/mol. The van der Waals surface area contributed by atoms with Crippen molar-refractivity contribution in [3.05, 3.63) is 33.6 Å². The molecule has 0 aromatic heterocycles. The molecule has 0 saturated heterocycles. The van der Waals surface area contributed by atoms with Crippen molar-refractivity contribution in [1.29, 1.82) is 0 Å². The van der Waals surface area contributed by atoms with E-state index >= 15 is 0 Å². The summed E-state index contributed by atoms with van der Waals surface area (Å²) in [6.07, 6.45) is 0.624. The minimum atomic E-state index is -0.992. The van der Waals surface area contributed by atoms with Crippen LogP contribution < -0.4 is 5.32 Å². The molecule has 0 aliphatic rings. The number of carbonyl (C=O) groups excluding carboxylic acids is 3. The van der Waals surface area contributed by atoms with Gasteiger partial charge in [0.2, 0.25) is 0 Å². The van der Waals surface area contributed by atoms with Crippen LogP contribution in [0.25, 0.3) is 0 Å². The largest absolute Gasteiger partial charge is 0.467 e. The van der Waals surface area contributed by atoms with Crippen LogP contribution in [0.3, 0.4) is 0 Å². The van der Waals surface area contributed by atoms with E-state index in [0.29, 0.717) is 6.42 Å². The maximum atomic E-state index is 13.4. The highest BCUT2D eigenvalue weighted by Gasteiger charge is 2.27. The zero-order chi connectivity index (χ0) is 19.1. The summed E-state index contributed by atoms with van der Waals surface area (Å²) < 4.78 is 22.9. The van der Waals surface area contributed by atoms with Crippen LogP contribution in [0.4, 0.5) is 4.39 Å². The summed E-state index contributed by atoms with van der Waals surface area (Å²) in [5, 5.41) is 2.09. The molecule has 25 heavy (non-hydrogen) atoms. The number of hydrogen-bond acceptors (Lipinski definition) is 5. The lowest BCUT2D eigenvalue weighted by Crippen LogP contribution is -2.47. The van der Waals surface area contributed by atoms with Crippen LogP contribution in [0.1, 0.15) is 30.6 Å². The molecule has 0 spiro atoms. The summed E-state index contributed by atoms with van der Waals surface area (Å²) in [4.78, 5) is 35.5. The van der Waals surface area contributed by atoms with Gasteiger partial charge in [-0.2, -0.15) is 0 Å². The zero-order valence-electron chi connectivity index (χ0n) is 13.9. The van der Waals surface area contributed by atoms with Gasteiger partial charge in [0.05, 0.1) is 22.7 Å². The number of amides is 1. The van der Waals surface area contributed by atoms with Gasteiger partial charge in [-0.05, 0) is 18.1 Å². The molecule has 1 rings (SSSR count). The first kappa shape index (κ1) is 21.2. The lowest BCUT2D eigenvalue weighted by Gasteiger charge is -2.21. The highest BCUT2D eigenvalue weighted by Crippen LogP contribution is 2.24. The zero-order valence-corrected chi connectivity index (χ0v) is 15.4. The predicted molar refractivity (Wildman–Crippen MR) is 90.1 cm³/mol. The number of benzene rings is 1. The number of ether oxygens (including phenoxy) is 2. The van der Waals surface area contributed by atoms with Crippen molar-refractivity contribution in [3.63, 3.8) is 0 Å². The number of esters is 2. The van der Waals surface area contributed by atoms with Crippen molar-refractivity contribution in [2.75, 3.05) is 13.7 Å². The van der Waals surface area contributed by atoms with Crippen LogP contribution in [0, 0.1) is 11.7 Å². The lowest BCUT2D eigenvalue weighted by atomic mass is 9.99. The number of hydrogen-bond donors (Lipinski definition) is 1. The smallest absolute Gasteiger partial charge is 0.340 e. The molecule has 0 radical (unpaired) electrons. The summed E-state index contributed by atoms with van der Waals surface area (Å²) in [7, 11) is 1.21. The van der Waals surface area contributed by atoms with E-state index in [-0.39, 0.29) is 21.5 Å². The molecule has 0 saturated carbocycles. The molecule has 1 aromatic rings. The van der Waals surface area contributed by atoms with Gasteiger partial charge in [0.15, 0.2) is 6.61 Å². The molecule has 1 amide bonds. The van der Waals surface area contributed by atoms with E-state index in [1.54, 1.807) is 6.92 Å². The van der Waals surface area contributed by atoms with Gasteiger partial charge in [-0.3, -0.25) is 4.79 Å². The third-order valence-corrected chi connectivity index (χ3v) is 4.15. The highest BCUT2D eigenvalue weighted by molar-refractivity contribution is 6.36. The number of halogens is 3. The van der Waals surface area contributed by atoms with Gasteiger partial charge < -0.3 is 14.8 Å². The van der Waals surface area contributed by atoms with E-state index in [9.17, 15) is 18.8 Å². The van der Waals surface area contributed by atoms with Crippen LogP contribution in [-0.2, 0) is 19.1 Å². The molecule has 9 heteroatoms. The first-order chi connectivity index (χ1) is 11.7. The maximum absolute atomic E-state index is 13.4. The quantitative estimate of drug-likeness (QED) is 0.568. The number of rotatable bonds is 7. The Kier molecular flexibility index (Phi) is 8.12. The standard InChI is InChI=1S/C16H18Cl2FNO5/c1-4-8(2)14(16(23)24-3)20-13(21)7-25-15(22)9-5-12(19)11(18)6-10(9)17/h5-6,8,14H,4,7H2,1-3H3,(H,20,21)/t8-,14+/m1/s1. The van der Waals surface area contributed by atoms with Crippen LogP contribution in [0.5, 0.6) is 0 Å². The van der Waals surface area contributed by atoms with Gasteiger partial charge >= 0.3 is 11.9 Å². The van der Waals surface area contributed by atoms with Gasteiger partial charge in [0.1, 0.15) is 11.9 Å². The molecule has 0 fully saturated rings. The van der Waals surface area contributed by atoms with Crippen molar-refractivity contribution < 1.29 is 28.2 Å². The van der Waals surface area contributed by atoms with E-state index in [2.05, 4.69) is 10.1 Å². The van der Waals surface area contributed by atoms with E-state index in [1.807, 2.05) is 6.92 Å². The molecule has 0 bridgehead atoms. The van der Waals surface area contributed by atoms with Crippen molar-refractivity contribution in [1.82, 2.24) is 5.32 Å². The SMILES string of the molecule is CC[C@@H](C)[C@H](NC(=O)COC(=O)c1cc(F)c(Cl)cc1Cl)C(=O)OC. The van der Waals surface area contributed by atoms with Gasteiger partial charge in [-0.25, -0.2) is 14.0 Å². The molecule has 0 aliphatic carbocycles. The minimum Gasteiger partial charge on any atom is -0.467 e. The lowest BCUT2D eigenvalue weighted by molar-refractivity contribution is -0.147. The third-order valence-electron chi connectivity index (χ3n) is 3.55. The monoisotopic (exact) mass is 393 g/mol. The second-order valence-electron chi connectivity index (χ2n) is 5.28. The van der Waals surface area contributed by atoms with Gasteiger partial charge in [-0.1, -0.05) is 43.5 Å². The number of nitrogens with one attached hydrogen (secondary N) is 1. The second-order valence-corrected chi connectivity index (χ2v) is 6.09. The Hall–Kier alpha value is -1.86. The van der Waals surface area contributed by atoms with Gasteiger partial charge in [0.25, 0.3) is 5.91 Å². The van der Waals surface area contributed by atoms with Crippen molar-refractivity contribution in [3.8, 4) is 0 Å². The van der Waals surface area contributed by atoms with E-state index in [0.717, 1.165) is 12.1 Å². The molecule has 0 unspecified atom stereocenters. The summed E-state index contributed by atoms with van der Waals surface area (Å²) in [5.41, 5.74) is -0.261. The van der Waals surface area contributed by atoms with Crippen LogP contribution in [-0.4, -0.2) is 37.6 Å². The first-order valence-electron chi connectivity index (χ1n) is 7.40. The fourth-order valence-electron chi connectivity index (χ4n) is 1.90. The fourth-order valence-corrected chi connectivity index (χ4v) is 2.36. The molecular weight excluding hydrogens is 376 g/mol. The molecule has 1 aromatic carbocycles. The number of carbonyl (C=O) groups is 3. The Bertz CT molecular complexity index is 668. The summed E-state index contributed by atoms with van der Waals surface area (Å²) in [6.45, 7) is 2.96. The highest BCUT2D eigenvalue weighted by atomic mass is 35.5. The van der Waals surface area contributed by atoms with E-state index < -0.39 is 36.3 Å². The Morgan fingerprint density at radius 2 is 1.88 bits per heavy atom. The molecule has 138 valence electrons. The molecular formula is C16H18Cl2FNO5. The van der Waals surface area contributed by atoms with Crippen molar-refractivity contribution in [2.24, 2.45) is 5.92 Å². The third kappa shape index (κ3) is 5.86. The molecule has 6 nitrogen and oxygen atoms in total.